The number of para-hydroxylation sites is 1. The summed E-state index contributed by atoms with van der Waals surface area (Å²) in [7, 11) is 0. The van der Waals surface area contributed by atoms with E-state index in [-0.39, 0.29) is 5.78 Å². The molecule has 1 aliphatic heterocycles. The zero-order valence-corrected chi connectivity index (χ0v) is 7.95. The van der Waals surface area contributed by atoms with Crippen LogP contribution in [-0.2, 0) is 0 Å². The molecule has 0 aromatic heterocycles. The van der Waals surface area contributed by atoms with Gasteiger partial charge in [-0.15, -0.1) is 0 Å². The van der Waals surface area contributed by atoms with E-state index in [1.807, 2.05) is 24.3 Å². The Bertz CT molecular complexity index is 344. The normalized spacial score (nSPS) is 15.3. The molecule has 1 aromatic rings. The largest absolute Gasteiger partial charge is 0.361 e. The molecule has 0 atom stereocenters. The van der Waals surface area contributed by atoms with Crippen LogP contribution in [0.1, 0.15) is 24.2 Å². The van der Waals surface area contributed by atoms with Crippen LogP contribution in [0.4, 0.5) is 5.69 Å². The Hall–Kier alpha value is -1.31. The Morgan fingerprint density at radius 1 is 1.31 bits per heavy atom. The zero-order valence-electron chi connectivity index (χ0n) is 7.95. The average Bonchev–Trinajstić information content (AvgIpc) is 2.45. The third-order valence-electron chi connectivity index (χ3n) is 2.45. The number of hydrogen-bond acceptors (Lipinski definition) is 2. The van der Waals surface area contributed by atoms with Crippen LogP contribution in [0.15, 0.2) is 24.3 Å². The second-order valence-electron chi connectivity index (χ2n) is 3.66. The number of hydrogen-bond donors (Lipinski definition) is 0. The average molecular weight is 175 g/mol. The maximum Gasteiger partial charge on any atom is 0.184 e. The van der Waals surface area contributed by atoms with Gasteiger partial charge < -0.3 is 4.90 Å². The van der Waals surface area contributed by atoms with Gasteiger partial charge in [0.05, 0.1) is 6.54 Å². The van der Waals surface area contributed by atoms with Crippen molar-refractivity contribution in [2.75, 3.05) is 11.4 Å². The van der Waals surface area contributed by atoms with Crippen molar-refractivity contribution in [3.05, 3.63) is 29.8 Å². The van der Waals surface area contributed by atoms with Crippen molar-refractivity contribution >= 4 is 11.5 Å². The number of Topliss-reactive ketones (excluding diaryl/α,β-unsaturated/α-hetero) is 1. The summed E-state index contributed by atoms with van der Waals surface area (Å²) in [5.74, 6) is 0.240. The van der Waals surface area contributed by atoms with Gasteiger partial charge >= 0.3 is 0 Å². The van der Waals surface area contributed by atoms with Gasteiger partial charge in [-0.25, -0.2) is 0 Å². The van der Waals surface area contributed by atoms with Crippen molar-refractivity contribution in [3.63, 3.8) is 0 Å². The highest BCUT2D eigenvalue weighted by Gasteiger charge is 2.27. The molecule has 13 heavy (non-hydrogen) atoms. The van der Waals surface area contributed by atoms with Gasteiger partial charge in [0.25, 0.3) is 0 Å². The fraction of sp³-hybridized carbons (Fsp3) is 0.364. The summed E-state index contributed by atoms with van der Waals surface area (Å²) < 4.78 is 0. The van der Waals surface area contributed by atoms with E-state index in [1.165, 1.54) is 0 Å². The van der Waals surface area contributed by atoms with Crippen molar-refractivity contribution in [2.45, 2.75) is 19.9 Å². The molecule has 0 aliphatic carbocycles. The first-order chi connectivity index (χ1) is 6.20. The third kappa shape index (κ3) is 1.22. The maximum atomic E-state index is 11.5. The molecule has 1 heterocycles. The fourth-order valence-corrected chi connectivity index (χ4v) is 1.75. The lowest BCUT2D eigenvalue weighted by Crippen LogP contribution is -2.29. The van der Waals surface area contributed by atoms with Gasteiger partial charge in [0.15, 0.2) is 5.78 Å². The van der Waals surface area contributed by atoms with Crippen molar-refractivity contribution in [3.8, 4) is 0 Å². The van der Waals surface area contributed by atoms with Crippen LogP contribution in [0.25, 0.3) is 0 Å². The predicted octanol–water partition coefficient (Wildman–Crippen LogP) is 2.10. The van der Waals surface area contributed by atoms with Gasteiger partial charge in [-0.2, -0.15) is 0 Å². The van der Waals surface area contributed by atoms with Gasteiger partial charge in [0.1, 0.15) is 0 Å². The monoisotopic (exact) mass is 175 g/mol. The van der Waals surface area contributed by atoms with E-state index in [2.05, 4.69) is 18.7 Å². The summed E-state index contributed by atoms with van der Waals surface area (Å²) in [6.07, 6.45) is 0. The number of ketones is 1. The van der Waals surface area contributed by atoms with Crippen LogP contribution in [-0.4, -0.2) is 18.4 Å². The molecule has 0 N–H and O–H groups in total. The van der Waals surface area contributed by atoms with Crippen molar-refractivity contribution in [1.82, 2.24) is 0 Å². The lowest BCUT2D eigenvalue weighted by molar-refractivity contribution is 0.101. The highest BCUT2D eigenvalue weighted by Crippen LogP contribution is 2.28. The minimum Gasteiger partial charge on any atom is -0.361 e. The van der Waals surface area contributed by atoms with Crippen molar-refractivity contribution in [2.24, 2.45) is 0 Å². The van der Waals surface area contributed by atoms with Crippen LogP contribution in [0.3, 0.4) is 0 Å². The first kappa shape index (κ1) is 8.30. The molecule has 1 aliphatic rings. The summed E-state index contributed by atoms with van der Waals surface area (Å²) in [5.41, 5.74) is 1.96. The summed E-state index contributed by atoms with van der Waals surface area (Å²) in [6.45, 7) is 4.75. The number of carbonyl (C=O) groups is 1. The third-order valence-corrected chi connectivity index (χ3v) is 2.45. The van der Waals surface area contributed by atoms with E-state index in [9.17, 15) is 4.79 Å². The van der Waals surface area contributed by atoms with E-state index in [0.29, 0.717) is 12.6 Å². The molecule has 0 radical (unpaired) electrons. The molecule has 0 saturated heterocycles. The Labute approximate surface area is 78.2 Å². The van der Waals surface area contributed by atoms with E-state index in [1.54, 1.807) is 0 Å². The van der Waals surface area contributed by atoms with Crippen LogP contribution < -0.4 is 4.90 Å². The molecule has 68 valence electrons. The molecule has 0 saturated carbocycles. The van der Waals surface area contributed by atoms with Gasteiger partial charge in [0.2, 0.25) is 0 Å². The van der Waals surface area contributed by atoms with Crippen LogP contribution in [0.5, 0.6) is 0 Å². The molecule has 0 unspecified atom stereocenters. The van der Waals surface area contributed by atoms with Crippen LogP contribution in [0.2, 0.25) is 0 Å². The van der Waals surface area contributed by atoms with Gasteiger partial charge in [-0.05, 0) is 26.0 Å². The summed E-state index contributed by atoms with van der Waals surface area (Å²) in [5, 5.41) is 0. The van der Waals surface area contributed by atoms with Gasteiger partial charge in [-0.1, -0.05) is 12.1 Å². The molecule has 2 heteroatoms. The number of nitrogens with zero attached hydrogens (tertiary/aromatic N) is 1. The van der Waals surface area contributed by atoms with E-state index in [4.69, 9.17) is 0 Å². The Morgan fingerprint density at radius 2 is 2.00 bits per heavy atom. The van der Waals surface area contributed by atoms with Crippen molar-refractivity contribution < 1.29 is 4.79 Å². The first-order valence-corrected chi connectivity index (χ1v) is 4.59. The molecule has 0 spiro atoms. The summed E-state index contributed by atoms with van der Waals surface area (Å²) in [4.78, 5) is 13.7. The number of rotatable bonds is 1. The second kappa shape index (κ2) is 2.87. The van der Waals surface area contributed by atoms with E-state index in [0.717, 1.165) is 11.3 Å². The minimum absolute atomic E-state index is 0.240. The lowest BCUT2D eigenvalue weighted by Gasteiger charge is -2.22. The standard InChI is InChI=1S/C11H13NO/c1-8(2)12-7-11(13)9-5-3-4-6-10(9)12/h3-6,8H,7H2,1-2H3. The number of fused-ring (bicyclic) bond motifs is 1. The molecule has 2 rings (SSSR count). The Kier molecular flexibility index (Phi) is 1.83. The smallest absolute Gasteiger partial charge is 0.184 e. The molecule has 1 aromatic carbocycles. The first-order valence-electron chi connectivity index (χ1n) is 4.59. The van der Waals surface area contributed by atoms with Crippen molar-refractivity contribution in [1.29, 1.82) is 0 Å². The molecular formula is C11H13NO. The van der Waals surface area contributed by atoms with Crippen LogP contribution in [0, 0.1) is 0 Å². The lowest BCUT2D eigenvalue weighted by atomic mass is 10.1. The zero-order chi connectivity index (χ0) is 9.42. The number of benzene rings is 1. The molecule has 0 amide bonds. The fourth-order valence-electron chi connectivity index (χ4n) is 1.75. The molecule has 0 fully saturated rings. The predicted molar refractivity (Wildman–Crippen MR) is 53.3 cm³/mol. The second-order valence-corrected chi connectivity index (χ2v) is 3.66. The van der Waals surface area contributed by atoms with E-state index >= 15 is 0 Å². The molecule has 0 bridgehead atoms. The van der Waals surface area contributed by atoms with Gasteiger partial charge in [0, 0.05) is 17.3 Å². The maximum absolute atomic E-state index is 11.5. The van der Waals surface area contributed by atoms with Gasteiger partial charge in [-0.3, -0.25) is 4.79 Å². The molecule has 2 nitrogen and oxygen atoms in total. The van der Waals surface area contributed by atoms with Crippen LogP contribution >= 0.6 is 0 Å². The molecular weight excluding hydrogens is 162 g/mol. The summed E-state index contributed by atoms with van der Waals surface area (Å²) in [6, 6.07) is 8.21. The van der Waals surface area contributed by atoms with E-state index < -0.39 is 0 Å². The minimum atomic E-state index is 0.240. The Balaban J connectivity index is 2.47. The topological polar surface area (TPSA) is 20.3 Å². The SMILES string of the molecule is CC(C)N1CC(=O)c2ccccc21. The quantitative estimate of drug-likeness (QED) is 0.651. The Morgan fingerprint density at radius 3 is 2.69 bits per heavy atom. The number of carbonyl (C=O) groups excluding carboxylic acids is 1. The highest BCUT2D eigenvalue weighted by molar-refractivity contribution is 6.08. The number of anilines is 1. The summed E-state index contributed by atoms with van der Waals surface area (Å²) >= 11 is 0. The highest BCUT2D eigenvalue weighted by atomic mass is 16.1.